The van der Waals surface area contributed by atoms with Crippen LogP contribution >= 0.6 is 0 Å². The van der Waals surface area contributed by atoms with Gasteiger partial charge in [-0.2, -0.15) is 0 Å². The van der Waals surface area contributed by atoms with Crippen LogP contribution in [0.1, 0.15) is 18.4 Å². The molecule has 0 saturated carbocycles. The second kappa shape index (κ2) is 3.05. The molecule has 0 aromatic heterocycles. The lowest BCUT2D eigenvalue weighted by atomic mass is 9.92. The Morgan fingerprint density at radius 2 is 1.92 bits per heavy atom. The van der Waals surface area contributed by atoms with Gasteiger partial charge in [-0.3, -0.25) is 4.79 Å². The van der Waals surface area contributed by atoms with E-state index in [0.717, 1.165) is 18.4 Å². The van der Waals surface area contributed by atoms with Gasteiger partial charge in [0.1, 0.15) is 0 Å². The summed E-state index contributed by atoms with van der Waals surface area (Å²) in [5.74, 6) is -0.129. The molecule has 13 heavy (non-hydrogen) atoms. The summed E-state index contributed by atoms with van der Waals surface area (Å²) in [5.41, 5.74) is 1.44. The summed E-state index contributed by atoms with van der Waals surface area (Å²) in [6.45, 7) is 0. The third-order valence-electron chi connectivity index (χ3n) is 2.26. The molecule has 0 heterocycles. The zero-order valence-corrected chi connectivity index (χ0v) is 7.16. The van der Waals surface area contributed by atoms with Crippen molar-refractivity contribution in [2.75, 3.05) is 0 Å². The summed E-state index contributed by atoms with van der Waals surface area (Å²) >= 11 is 0. The molecule has 1 N–H and O–H groups in total. The zero-order valence-electron chi connectivity index (χ0n) is 7.16. The van der Waals surface area contributed by atoms with Gasteiger partial charge in [0.25, 0.3) is 0 Å². The average molecular weight is 174 g/mol. The predicted octanol–water partition coefficient (Wildman–Crippen LogP) is 1.93. The molecular formula is C11H10O2. The molecule has 1 aliphatic carbocycles. The molecule has 2 nitrogen and oxygen atoms in total. The second-order valence-corrected chi connectivity index (χ2v) is 3.11. The van der Waals surface area contributed by atoms with Crippen LogP contribution < -0.4 is 5.43 Å². The highest BCUT2D eigenvalue weighted by Crippen LogP contribution is 2.31. The zero-order chi connectivity index (χ0) is 9.26. The third-order valence-corrected chi connectivity index (χ3v) is 2.26. The van der Waals surface area contributed by atoms with E-state index < -0.39 is 0 Å². The molecule has 1 aromatic carbocycles. The van der Waals surface area contributed by atoms with Crippen LogP contribution in [-0.2, 0) is 0 Å². The Hall–Kier alpha value is -1.57. The van der Waals surface area contributed by atoms with Crippen LogP contribution in [0.15, 0.2) is 35.1 Å². The summed E-state index contributed by atoms with van der Waals surface area (Å²) < 4.78 is 0. The fourth-order valence-electron chi connectivity index (χ4n) is 1.38. The van der Waals surface area contributed by atoms with Crippen molar-refractivity contribution in [1.82, 2.24) is 0 Å². The van der Waals surface area contributed by atoms with Crippen LogP contribution in [0.4, 0.5) is 0 Å². The Morgan fingerprint density at radius 1 is 1.23 bits per heavy atom. The SMILES string of the molecule is O=c1ccccc(C2=CCC2)c1O. The lowest BCUT2D eigenvalue weighted by Crippen LogP contribution is -1.99. The predicted molar refractivity (Wildman–Crippen MR) is 51.6 cm³/mol. The van der Waals surface area contributed by atoms with Crippen LogP contribution in [0.3, 0.4) is 0 Å². The number of allylic oxidation sites excluding steroid dienone is 2. The van der Waals surface area contributed by atoms with E-state index in [1.807, 2.05) is 6.08 Å². The van der Waals surface area contributed by atoms with Crippen molar-refractivity contribution in [2.45, 2.75) is 12.8 Å². The lowest BCUT2D eigenvalue weighted by molar-refractivity contribution is 0.468. The molecule has 2 heteroatoms. The van der Waals surface area contributed by atoms with Crippen molar-refractivity contribution >= 4 is 5.57 Å². The van der Waals surface area contributed by atoms with E-state index in [1.54, 1.807) is 18.2 Å². The highest BCUT2D eigenvalue weighted by Gasteiger charge is 2.12. The minimum atomic E-state index is -0.312. The Morgan fingerprint density at radius 3 is 2.54 bits per heavy atom. The van der Waals surface area contributed by atoms with Gasteiger partial charge in [0.2, 0.25) is 5.43 Å². The van der Waals surface area contributed by atoms with Crippen molar-refractivity contribution in [3.05, 3.63) is 46.1 Å². The normalized spacial score (nSPS) is 14.6. The molecule has 0 amide bonds. The molecule has 0 unspecified atom stereocenters. The highest BCUT2D eigenvalue weighted by molar-refractivity contribution is 5.73. The smallest absolute Gasteiger partial charge is 0.220 e. The van der Waals surface area contributed by atoms with Gasteiger partial charge in [-0.05, 0) is 24.5 Å². The second-order valence-electron chi connectivity index (χ2n) is 3.11. The summed E-state index contributed by atoms with van der Waals surface area (Å²) in [6, 6.07) is 6.57. The van der Waals surface area contributed by atoms with Crippen LogP contribution in [0.5, 0.6) is 5.75 Å². The van der Waals surface area contributed by atoms with Crippen LogP contribution in [0, 0.1) is 0 Å². The van der Waals surface area contributed by atoms with Crippen molar-refractivity contribution in [1.29, 1.82) is 0 Å². The summed E-state index contributed by atoms with van der Waals surface area (Å²) in [7, 11) is 0. The van der Waals surface area contributed by atoms with Gasteiger partial charge in [0.15, 0.2) is 5.75 Å². The van der Waals surface area contributed by atoms with Gasteiger partial charge >= 0.3 is 0 Å². The lowest BCUT2D eigenvalue weighted by Gasteiger charge is -2.13. The first-order chi connectivity index (χ1) is 6.29. The van der Waals surface area contributed by atoms with E-state index in [9.17, 15) is 9.90 Å². The Labute approximate surface area is 76.2 Å². The summed E-state index contributed by atoms with van der Waals surface area (Å²) in [4.78, 5) is 11.2. The monoisotopic (exact) mass is 174 g/mol. The maximum Gasteiger partial charge on any atom is 0.220 e. The molecule has 0 aliphatic heterocycles. The van der Waals surface area contributed by atoms with E-state index in [2.05, 4.69) is 0 Å². The van der Waals surface area contributed by atoms with E-state index in [0.29, 0.717) is 5.56 Å². The van der Waals surface area contributed by atoms with E-state index in [1.165, 1.54) is 6.07 Å². The fraction of sp³-hybridized carbons (Fsp3) is 0.182. The standard InChI is InChI=1S/C11H10O2/c12-10-7-2-1-6-9(11(10)13)8-4-3-5-8/h1-2,4,6-7H,3,5H2,(H,12,13). The Balaban J connectivity index is 2.65. The minimum Gasteiger partial charge on any atom is -0.504 e. The molecule has 1 aliphatic rings. The molecule has 2 rings (SSSR count). The van der Waals surface area contributed by atoms with Crippen LogP contribution in [0.2, 0.25) is 0 Å². The van der Waals surface area contributed by atoms with Crippen molar-refractivity contribution in [3.63, 3.8) is 0 Å². The first kappa shape index (κ1) is 8.05. The van der Waals surface area contributed by atoms with E-state index >= 15 is 0 Å². The molecule has 66 valence electrons. The maximum atomic E-state index is 11.2. The maximum absolute atomic E-state index is 11.2. The molecule has 0 radical (unpaired) electrons. The van der Waals surface area contributed by atoms with Gasteiger partial charge in [0, 0.05) is 5.56 Å². The number of hydrogen-bond donors (Lipinski definition) is 1. The number of rotatable bonds is 1. The largest absolute Gasteiger partial charge is 0.504 e. The molecule has 0 saturated heterocycles. The average Bonchev–Trinajstić information content (AvgIpc) is 2.17. The Kier molecular flexibility index (Phi) is 1.89. The van der Waals surface area contributed by atoms with Gasteiger partial charge in [-0.1, -0.05) is 24.3 Å². The molecule has 0 fully saturated rings. The van der Waals surface area contributed by atoms with Gasteiger partial charge in [-0.25, -0.2) is 0 Å². The molecule has 1 aromatic rings. The summed E-state index contributed by atoms with van der Waals surface area (Å²) in [6.07, 6.45) is 4.03. The van der Waals surface area contributed by atoms with Crippen molar-refractivity contribution in [2.24, 2.45) is 0 Å². The van der Waals surface area contributed by atoms with Crippen molar-refractivity contribution < 1.29 is 5.11 Å². The third kappa shape index (κ3) is 1.35. The summed E-state index contributed by atoms with van der Waals surface area (Å²) in [5, 5.41) is 9.54. The first-order valence-corrected chi connectivity index (χ1v) is 4.31. The Bertz CT molecular complexity index is 419. The van der Waals surface area contributed by atoms with E-state index in [-0.39, 0.29) is 11.2 Å². The molecule has 0 spiro atoms. The van der Waals surface area contributed by atoms with Gasteiger partial charge < -0.3 is 5.11 Å². The van der Waals surface area contributed by atoms with Crippen LogP contribution in [-0.4, -0.2) is 5.11 Å². The quantitative estimate of drug-likeness (QED) is 0.706. The number of aromatic hydroxyl groups is 1. The fourth-order valence-corrected chi connectivity index (χ4v) is 1.38. The van der Waals surface area contributed by atoms with Gasteiger partial charge in [-0.15, -0.1) is 0 Å². The molecule has 0 bridgehead atoms. The van der Waals surface area contributed by atoms with Crippen LogP contribution in [0.25, 0.3) is 5.57 Å². The van der Waals surface area contributed by atoms with Crippen molar-refractivity contribution in [3.8, 4) is 5.75 Å². The molecule has 0 atom stereocenters. The topological polar surface area (TPSA) is 37.3 Å². The minimum absolute atomic E-state index is 0.129. The molecular weight excluding hydrogens is 164 g/mol. The number of hydrogen-bond acceptors (Lipinski definition) is 2. The van der Waals surface area contributed by atoms with E-state index in [4.69, 9.17) is 0 Å². The highest BCUT2D eigenvalue weighted by atomic mass is 16.3. The first-order valence-electron chi connectivity index (χ1n) is 4.31. The van der Waals surface area contributed by atoms with Gasteiger partial charge in [0.05, 0.1) is 0 Å².